The maximum Gasteiger partial charge on any atom is 0.310 e. The van der Waals surface area contributed by atoms with Gasteiger partial charge in [0.15, 0.2) is 24.8 Å². The van der Waals surface area contributed by atoms with Crippen LogP contribution in [0.3, 0.4) is 0 Å². The van der Waals surface area contributed by atoms with Crippen molar-refractivity contribution in [2.24, 2.45) is 5.92 Å². The van der Waals surface area contributed by atoms with Gasteiger partial charge in [-0.15, -0.1) is 0 Å². The van der Waals surface area contributed by atoms with Crippen LogP contribution in [0.25, 0.3) is 0 Å². The Hall–Kier alpha value is -4.31. The summed E-state index contributed by atoms with van der Waals surface area (Å²) in [6.45, 7) is 2.43. The molecule has 0 N–H and O–H groups in total. The summed E-state index contributed by atoms with van der Waals surface area (Å²) in [5.74, 6) is -0.298. The normalized spacial score (nSPS) is 16.5. The number of piperidine rings is 1. The lowest BCUT2D eigenvalue weighted by Crippen LogP contribution is -2.42. The molecule has 0 aliphatic carbocycles. The van der Waals surface area contributed by atoms with Gasteiger partial charge in [-0.1, -0.05) is 23.7 Å². The summed E-state index contributed by atoms with van der Waals surface area (Å²) < 4.78 is 22.1. The van der Waals surface area contributed by atoms with E-state index in [0.717, 1.165) is 0 Å². The summed E-state index contributed by atoms with van der Waals surface area (Å²) in [7, 11) is 0. The minimum Gasteiger partial charge on any atom is -0.484 e. The van der Waals surface area contributed by atoms with Gasteiger partial charge in [0.05, 0.1) is 29.8 Å². The molecule has 0 bridgehead atoms. The lowest BCUT2D eigenvalue weighted by Gasteiger charge is -2.31. The van der Waals surface area contributed by atoms with Crippen molar-refractivity contribution in [1.82, 2.24) is 4.90 Å². The molecule has 1 fully saturated rings. The number of hydrogen-bond donors (Lipinski definition) is 0. The Kier molecular flexibility index (Phi) is 8.58. The van der Waals surface area contributed by atoms with E-state index in [1.165, 1.54) is 4.90 Å². The van der Waals surface area contributed by atoms with Crippen LogP contribution in [0.1, 0.15) is 46.4 Å². The number of Topliss-reactive ketones (excluding diaryl/α,β-unsaturated/α-hetero) is 1. The van der Waals surface area contributed by atoms with Crippen molar-refractivity contribution < 1.29 is 37.8 Å². The number of rotatable bonds is 9. The van der Waals surface area contributed by atoms with Crippen LogP contribution in [0.15, 0.2) is 59.0 Å². The third kappa shape index (κ3) is 6.38. The highest BCUT2D eigenvalue weighted by Crippen LogP contribution is 2.35. The number of nitrogens with zero attached hydrogens (tertiary/aromatic N) is 2. The van der Waals surface area contributed by atoms with Gasteiger partial charge < -0.3 is 23.5 Å². The van der Waals surface area contributed by atoms with Crippen LogP contribution in [-0.4, -0.2) is 61.4 Å². The van der Waals surface area contributed by atoms with Gasteiger partial charge >= 0.3 is 5.97 Å². The van der Waals surface area contributed by atoms with E-state index in [4.69, 9.17) is 30.2 Å². The number of carbonyl (C=O) groups excluding carboxylic acids is 4. The van der Waals surface area contributed by atoms with Crippen molar-refractivity contribution in [3.8, 4) is 11.5 Å². The molecule has 3 aromatic rings. The summed E-state index contributed by atoms with van der Waals surface area (Å²) >= 11 is 6.11. The number of esters is 1. The highest BCUT2D eigenvalue weighted by molar-refractivity contribution is 6.32. The summed E-state index contributed by atoms with van der Waals surface area (Å²) in [6, 6.07) is 14.9. The average molecular weight is 581 g/mol. The van der Waals surface area contributed by atoms with Crippen molar-refractivity contribution in [1.29, 1.82) is 0 Å². The van der Waals surface area contributed by atoms with Crippen LogP contribution in [-0.2, 0) is 20.9 Å². The van der Waals surface area contributed by atoms with Crippen LogP contribution in [0.2, 0.25) is 5.02 Å². The van der Waals surface area contributed by atoms with Crippen molar-refractivity contribution in [2.45, 2.75) is 26.3 Å². The zero-order chi connectivity index (χ0) is 28.9. The van der Waals surface area contributed by atoms with Gasteiger partial charge in [-0.25, -0.2) is 0 Å². The Labute approximate surface area is 241 Å². The fourth-order valence-corrected chi connectivity index (χ4v) is 5.03. The van der Waals surface area contributed by atoms with Gasteiger partial charge in [-0.3, -0.25) is 24.1 Å². The SMILES string of the molecule is CCOC(=O)[C@@H]1CCCN(C(=O)c2ccc(CN3C(=O)COc4ccc(C(=O)COc5ccccc5Cl)cc43)o2)C1. The molecule has 11 heteroatoms. The molecule has 5 rings (SSSR count). The maximum absolute atomic E-state index is 13.1. The molecule has 0 unspecified atom stereocenters. The first-order valence-corrected chi connectivity index (χ1v) is 13.7. The number of hydrogen-bond acceptors (Lipinski definition) is 8. The third-order valence-corrected chi connectivity index (χ3v) is 7.25. The van der Waals surface area contributed by atoms with Gasteiger partial charge in [0.25, 0.3) is 11.8 Å². The Morgan fingerprint density at radius 3 is 2.73 bits per heavy atom. The van der Waals surface area contributed by atoms with Crippen molar-refractivity contribution in [2.75, 3.05) is 37.8 Å². The largest absolute Gasteiger partial charge is 0.484 e. The number of fused-ring (bicyclic) bond motifs is 1. The van der Waals surface area contributed by atoms with Gasteiger partial charge in [0.1, 0.15) is 17.3 Å². The zero-order valence-corrected chi connectivity index (χ0v) is 23.2. The summed E-state index contributed by atoms with van der Waals surface area (Å²) in [4.78, 5) is 54.1. The highest BCUT2D eigenvalue weighted by Gasteiger charge is 2.32. The van der Waals surface area contributed by atoms with Gasteiger partial charge in [0, 0.05) is 18.7 Å². The van der Waals surface area contributed by atoms with Crippen LogP contribution in [0.5, 0.6) is 11.5 Å². The van der Waals surface area contributed by atoms with Gasteiger partial charge in [-0.2, -0.15) is 0 Å². The number of para-hydroxylation sites is 1. The number of benzene rings is 2. The van der Waals surface area contributed by atoms with E-state index >= 15 is 0 Å². The first-order chi connectivity index (χ1) is 19.8. The molecule has 41 heavy (non-hydrogen) atoms. The molecule has 3 heterocycles. The minimum atomic E-state index is -0.364. The molecule has 2 aromatic carbocycles. The van der Waals surface area contributed by atoms with Crippen molar-refractivity contribution in [3.63, 3.8) is 0 Å². The van der Waals surface area contributed by atoms with E-state index in [1.807, 2.05) is 0 Å². The molecule has 2 amide bonds. The fourth-order valence-electron chi connectivity index (χ4n) is 4.84. The van der Waals surface area contributed by atoms with E-state index < -0.39 is 0 Å². The Morgan fingerprint density at radius 1 is 1.10 bits per heavy atom. The number of likely N-dealkylation sites (tertiary alicyclic amines) is 1. The van der Waals surface area contributed by atoms with Crippen LogP contribution in [0.4, 0.5) is 5.69 Å². The predicted octanol–water partition coefficient (Wildman–Crippen LogP) is 4.54. The zero-order valence-electron chi connectivity index (χ0n) is 22.5. The molecule has 0 radical (unpaired) electrons. The molecule has 0 saturated carbocycles. The first kappa shape index (κ1) is 28.2. The quantitative estimate of drug-likeness (QED) is 0.268. The monoisotopic (exact) mass is 580 g/mol. The number of carbonyl (C=O) groups is 4. The molecule has 2 aliphatic heterocycles. The van der Waals surface area contributed by atoms with Gasteiger partial charge in [0.2, 0.25) is 0 Å². The van der Waals surface area contributed by atoms with E-state index in [0.29, 0.717) is 59.5 Å². The number of anilines is 1. The average Bonchev–Trinajstić information content (AvgIpc) is 3.46. The van der Waals surface area contributed by atoms with Crippen LogP contribution >= 0.6 is 11.6 Å². The Bertz CT molecular complexity index is 1470. The molecule has 214 valence electrons. The Morgan fingerprint density at radius 2 is 1.93 bits per heavy atom. The molecule has 1 atom stereocenters. The third-order valence-electron chi connectivity index (χ3n) is 6.93. The second kappa shape index (κ2) is 12.5. The minimum absolute atomic E-state index is 0.0295. The second-order valence-electron chi connectivity index (χ2n) is 9.70. The lowest BCUT2D eigenvalue weighted by atomic mass is 9.98. The van der Waals surface area contributed by atoms with E-state index in [-0.39, 0.29) is 61.5 Å². The second-order valence-corrected chi connectivity index (χ2v) is 10.1. The summed E-state index contributed by atoms with van der Waals surface area (Å²) in [5.41, 5.74) is 0.734. The van der Waals surface area contributed by atoms with Crippen LogP contribution < -0.4 is 14.4 Å². The number of amides is 2. The molecule has 1 aromatic heterocycles. The number of ketones is 1. The fraction of sp³-hybridized carbons (Fsp3) is 0.333. The van der Waals surface area contributed by atoms with E-state index in [9.17, 15) is 19.2 Å². The first-order valence-electron chi connectivity index (χ1n) is 13.4. The number of ether oxygens (including phenoxy) is 3. The molecular weight excluding hydrogens is 552 g/mol. The number of halogens is 1. The summed E-state index contributed by atoms with van der Waals surface area (Å²) in [5, 5.41) is 0.395. The summed E-state index contributed by atoms with van der Waals surface area (Å²) in [6.07, 6.45) is 1.35. The highest BCUT2D eigenvalue weighted by atomic mass is 35.5. The molecule has 2 aliphatic rings. The lowest BCUT2D eigenvalue weighted by molar-refractivity contribution is -0.149. The standard InChI is InChI=1S/C30H29ClN2O8/c1-2-38-30(37)20-6-5-13-32(15-20)29(36)27-12-10-21(41-27)16-33-23-14-19(9-11-26(23)40-18-28(33)35)24(34)17-39-25-8-4-3-7-22(25)31/h3-4,7-12,14,20H,2,5-6,13,15-18H2,1H3/t20-/m1/s1. The maximum atomic E-state index is 13.1. The molecule has 0 spiro atoms. The van der Waals surface area contributed by atoms with Gasteiger partial charge in [-0.05, 0) is 62.2 Å². The molecular formula is C30H29ClN2O8. The van der Waals surface area contributed by atoms with E-state index in [2.05, 4.69) is 0 Å². The topological polar surface area (TPSA) is 116 Å². The molecule has 1 saturated heterocycles. The van der Waals surface area contributed by atoms with Crippen LogP contribution in [0, 0.1) is 5.92 Å². The van der Waals surface area contributed by atoms with E-state index in [1.54, 1.807) is 66.4 Å². The van der Waals surface area contributed by atoms with Crippen molar-refractivity contribution >= 4 is 40.9 Å². The van der Waals surface area contributed by atoms with Crippen molar-refractivity contribution in [3.05, 3.63) is 76.7 Å². The Balaban J connectivity index is 1.28. The smallest absolute Gasteiger partial charge is 0.310 e. The predicted molar refractivity (Wildman–Crippen MR) is 148 cm³/mol. The number of furan rings is 1. The molecule has 10 nitrogen and oxygen atoms in total.